The van der Waals surface area contributed by atoms with Crippen LogP contribution in [0.15, 0.2) is 0 Å². The quantitative estimate of drug-likeness (QED) is 0.642. The highest BCUT2D eigenvalue weighted by atomic mass is 32.2. The van der Waals surface area contributed by atoms with Gasteiger partial charge < -0.3 is 5.73 Å². The minimum absolute atomic E-state index is 0.0389. The van der Waals surface area contributed by atoms with Crippen molar-refractivity contribution in [1.29, 1.82) is 0 Å². The standard InChI is InChI=1S/C9H20N2O4S2/c1-11(9-4-7-16(12,13)8-9)17(14,15)6-3-2-5-10/h9H,2-8,10H2,1H3. The Labute approximate surface area is 103 Å². The minimum Gasteiger partial charge on any atom is -0.330 e. The van der Waals surface area contributed by atoms with E-state index in [-0.39, 0.29) is 17.3 Å². The summed E-state index contributed by atoms with van der Waals surface area (Å²) in [5.74, 6) is 0.0667. The maximum absolute atomic E-state index is 11.9. The van der Waals surface area contributed by atoms with Crippen molar-refractivity contribution < 1.29 is 16.8 Å². The van der Waals surface area contributed by atoms with Gasteiger partial charge in [-0.1, -0.05) is 0 Å². The summed E-state index contributed by atoms with van der Waals surface area (Å²) in [6, 6.07) is -0.400. The Bertz CT molecular complexity index is 444. The zero-order valence-electron chi connectivity index (χ0n) is 10.0. The molecule has 0 aromatic carbocycles. The Balaban J connectivity index is 2.60. The van der Waals surface area contributed by atoms with E-state index < -0.39 is 25.9 Å². The van der Waals surface area contributed by atoms with E-state index in [4.69, 9.17) is 5.73 Å². The topological polar surface area (TPSA) is 97.5 Å². The molecule has 1 unspecified atom stereocenters. The van der Waals surface area contributed by atoms with Gasteiger partial charge in [-0.3, -0.25) is 0 Å². The first-order valence-corrected chi connectivity index (χ1v) is 9.08. The van der Waals surface area contributed by atoms with Gasteiger partial charge in [0.1, 0.15) is 0 Å². The highest BCUT2D eigenvalue weighted by Crippen LogP contribution is 2.19. The molecule has 102 valence electrons. The van der Waals surface area contributed by atoms with Crippen molar-refractivity contribution in [3.8, 4) is 0 Å². The van der Waals surface area contributed by atoms with Crippen LogP contribution < -0.4 is 5.73 Å². The van der Waals surface area contributed by atoms with Crippen LogP contribution in [0.4, 0.5) is 0 Å². The number of nitrogens with two attached hydrogens (primary N) is 1. The predicted octanol–water partition coefficient (Wildman–Crippen LogP) is -0.826. The van der Waals surface area contributed by atoms with E-state index in [2.05, 4.69) is 0 Å². The van der Waals surface area contributed by atoms with Gasteiger partial charge in [-0.25, -0.2) is 21.1 Å². The normalized spacial score (nSPS) is 24.3. The van der Waals surface area contributed by atoms with Gasteiger partial charge >= 0.3 is 0 Å². The summed E-state index contributed by atoms with van der Waals surface area (Å²) < 4.78 is 47.6. The molecule has 0 aliphatic carbocycles. The summed E-state index contributed by atoms with van der Waals surface area (Å²) in [6.45, 7) is 0.469. The molecule has 0 amide bonds. The molecule has 1 atom stereocenters. The molecule has 1 aliphatic heterocycles. The maximum atomic E-state index is 11.9. The highest BCUT2D eigenvalue weighted by molar-refractivity contribution is 7.92. The van der Waals surface area contributed by atoms with Crippen molar-refractivity contribution in [2.24, 2.45) is 5.73 Å². The lowest BCUT2D eigenvalue weighted by Gasteiger charge is -2.22. The Morgan fingerprint density at radius 1 is 1.35 bits per heavy atom. The fourth-order valence-electron chi connectivity index (χ4n) is 1.86. The summed E-state index contributed by atoms with van der Waals surface area (Å²) in [7, 11) is -4.94. The molecule has 1 rings (SSSR count). The second-order valence-electron chi connectivity index (χ2n) is 4.38. The van der Waals surface area contributed by atoms with Gasteiger partial charge in [0.2, 0.25) is 10.0 Å². The zero-order chi connectivity index (χ0) is 13.1. The molecular weight excluding hydrogens is 264 g/mol. The van der Waals surface area contributed by atoms with Crippen molar-refractivity contribution in [2.75, 3.05) is 30.9 Å². The fraction of sp³-hybridized carbons (Fsp3) is 1.00. The molecule has 0 spiro atoms. The molecule has 2 N–H and O–H groups in total. The third-order valence-electron chi connectivity index (χ3n) is 3.02. The van der Waals surface area contributed by atoms with Crippen molar-refractivity contribution >= 4 is 19.9 Å². The van der Waals surface area contributed by atoms with E-state index in [1.165, 1.54) is 11.4 Å². The SMILES string of the molecule is CN(C1CCS(=O)(=O)C1)S(=O)(=O)CCCCN. The molecule has 0 aromatic rings. The molecule has 0 aromatic heterocycles. The molecular formula is C9H20N2O4S2. The van der Waals surface area contributed by atoms with Gasteiger partial charge in [0.05, 0.1) is 17.3 Å². The van der Waals surface area contributed by atoms with Gasteiger partial charge in [0.15, 0.2) is 9.84 Å². The largest absolute Gasteiger partial charge is 0.330 e. The van der Waals surface area contributed by atoms with Gasteiger partial charge in [0, 0.05) is 13.1 Å². The smallest absolute Gasteiger partial charge is 0.214 e. The fourth-order valence-corrected chi connectivity index (χ4v) is 5.22. The Kier molecular flexibility index (Phi) is 4.94. The van der Waals surface area contributed by atoms with Crippen molar-refractivity contribution in [2.45, 2.75) is 25.3 Å². The number of unbranched alkanes of at least 4 members (excludes halogenated alkanes) is 1. The van der Waals surface area contributed by atoms with Gasteiger partial charge in [-0.2, -0.15) is 0 Å². The van der Waals surface area contributed by atoms with Gasteiger partial charge in [0.25, 0.3) is 0 Å². The van der Waals surface area contributed by atoms with Crippen LogP contribution >= 0.6 is 0 Å². The van der Waals surface area contributed by atoms with Crippen LogP contribution in [0.1, 0.15) is 19.3 Å². The third kappa shape index (κ3) is 4.20. The molecule has 0 saturated carbocycles. The first kappa shape index (κ1) is 14.9. The Morgan fingerprint density at radius 2 is 2.00 bits per heavy atom. The first-order chi connectivity index (χ1) is 7.78. The van der Waals surface area contributed by atoms with Crippen LogP contribution in [0.25, 0.3) is 0 Å². The van der Waals surface area contributed by atoms with Crippen LogP contribution in [0.5, 0.6) is 0 Å². The summed E-state index contributed by atoms with van der Waals surface area (Å²) in [6.07, 6.45) is 1.58. The number of sulfone groups is 1. The summed E-state index contributed by atoms with van der Waals surface area (Å²) in [4.78, 5) is 0. The van der Waals surface area contributed by atoms with E-state index in [1.807, 2.05) is 0 Å². The molecule has 1 saturated heterocycles. The van der Waals surface area contributed by atoms with Crippen LogP contribution in [0.3, 0.4) is 0 Å². The molecule has 1 fully saturated rings. The average Bonchev–Trinajstić information content (AvgIpc) is 2.58. The lowest BCUT2D eigenvalue weighted by Crippen LogP contribution is -2.39. The summed E-state index contributed by atoms with van der Waals surface area (Å²) in [5.41, 5.74) is 5.30. The lowest BCUT2D eigenvalue weighted by molar-refractivity contribution is 0.393. The molecule has 17 heavy (non-hydrogen) atoms. The maximum Gasteiger partial charge on any atom is 0.214 e. The van der Waals surface area contributed by atoms with Crippen molar-refractivity contribution in [1.82, 2.24) is 4.31 Å². The monoisotopic (exact) mass is 284 g/mol. The van der Waals surface area contributed by atoms with Gasteiger partial charge in [-0.15, -0.1) is 0 Å². The van der Waals surface area contributed by atoms with Crippen LogP contribution in [0, 0.1) is 0 Å². The number of hydrogen-bond donors (Lipinski definition) is 1. The number of rotatable bonds is 6. The molecule has 0 radical (unpaired) electrons. The average molecular weight is 284 g/mol. The Hall–Kier alpha value is -0.180. The van der Waals surface area contributed by atoms with E-state index in [1.54, 1.807) is 0 Å². The van der Waals surface area contributed by atoms with Crippen LogP contribution in [-0.4, -0.2) is 58.0 Å². The van der Waals surface area contributed by atoms with Gasteiger partial charge in [-0.05, 0) is 25.8 Å². The number of nitrogens with zero attached hydrogens (tertiary/aromatic N) is 1. The van der Waals surface area contributed by atoms with Crippen molar-refractivity contribution in [3.05, 3.63) is 0 Å². The molecule has 1 heterocycles. The highest BCUT2D eigenvalue weighted by Gasteiger charge is 2.35. The third-order valence-corrected chi connectivity index (χ3v) is 6.75. The van der Waals surface area contributed by atoms with Crippen molar-refractivity contribution in [3.63, 3.8) is 0 Å². The molecule has 1 aliphatic rings. The first-order valence-electron chi connectivity index (χ1n) is 5.65. The second kappa shape index (κ2) is 5.64. The van der Waals surface area contributed by atoms with E-state index in [0.717, 1.165) is 0 Å². The molecule has 0 bridgehead atoms. The van der Waals surface area contributed by atoms with Crippen LogP contribution in [-0.2, 0) is 19.9 Å². The lowest BCUT2D eigenvalue weighted by atomic mass is 10.3. The number of hydrogen-bond acceptors (Lipinski definition) is 5. The van der Waals surface area contributed by atoms with E-state index in [9.17, 15) is 16.8 Å². The molecule has 8 heteroatoms. The summed E-state index contributed by atoms with van der Waals surface area (Å²) >= 11 is 0. The zero-order valence-corrected chi connectivity index (χ0v) is 11.6. The summed E-state index contributed by atoms with van der Waals surface area (Å²) in [5, 5.41) is 0. The van der Waals surface area contributed by atoms with E-state index in [0.29, 0.717) is 25.8 Å². The van der Waals surface area contributed by atoms with E-state index >= 15 is 0 Å². The predicted molar refractivity (Wildman–Crippen MR) is 66.9 cm³/mol. The molecule has 6 nitrogen and oxygen atoms in total. The van der Waals surface area contributed by atoms with Crippen LogP contribution in [0.2, 0.25) is 0 Å². The number of sulfonamides is 1. The minimum atomic E-state index is -3.35. The second-order valence-corrected chi connectivity index (χ2v) is 8.76. The Morgan fingerprint density at radius 3 is 2.47 bits per heavy atom.